The van der Waals surface area contributed by atoms with E-state index in [0.717, 1.165) is 32.5 Å². The molecule has 0 radical (unpaired) electrons. The molecule has 23 heavy (non-hydrogen) atoms. The predicted octanol–water partition coefficient (Wildman–Crippen LogP) is 3.06. The highest BCUT2D eigenvalue weighted by molar-refractivity contribution is 8.00. The average Bonchev–Trinajstić information content (AvgIpc) is 3.33. The topological polar surface area (TPSA) is 50.4 Å². The van der Waals surface area contributed by atoms with Crippen molar-refractivity contribution in [1.82, 2.24) is 10.6 Å². The molecule has 1 aliphatic carbocycles. The van der Waals surface area contributed by atoms with Crippen LogP contribution in [0.2, 0.25) is 0 Å². The Kier molecular flexibility index (Phi) is 5.17. The zero-order chi connectivity index (χ0) is 16.3. The number of rotatable bonds is 5. The molecule has 1 aromatic carbocycles. The van der Waals surface area contributed by atoms with Gasteiger partial charge in [-0.2, -0.15) is 11.8 Å². The number of benzene rings is 1. The van der Waals surface area contributed by atoms with Crippen LogP contribution in [-0.2, 0) is 4.74 Å². The maximum Gasteiger partial charge on any atom is 0.315 e. The largest absolute Gasteiger partial charge is 0.381 e. The van der Waals surface area contributed by atoms with E-state index in [1.165, 1.54) is 11.1 Å². The molecule has 2 atom stereocenters. The molecule has 2 N–H and O–H groups in total. The van der Waals surface area contributed by atoms with Crippen LogP contribution in [0.3, 0.4) is 0 Å². The molecule has 1 aliphatic heterocycles. The molecular weight excluding hydrogens is 308 g/mol. The smallest absolute Gasteiger partial charge is 0.315 e. The normalized spacial score (nSPS) is 25.7. The van der Waals surface area contributed by atoms with Crippen LogP contribution in [0.4, 0.5) is 4.79 Å². The van der Waals surface area contributed by atoms with E-state index in [1.807, 2.05) is 11.8 Å². The molecule has 126 valence electrons. The first-order valence-corrected chi connectivity index (χ1v) is 9.59. The zero-order valence-electron chi connectivity index (χ0n) is 13.9. The summed E-state index contributed by atoms with van der Waals surface area (Å²) in [5.74, 6) is 0.472. The van der Waals surface area contributed by atoms with Crippen LogP contribution < -0.4 is 10.6 Å². The van der Waals surface area contributed by atoms with E-state index in [2.05, 4.69) is 48.1 Å². The van der Waals surface area contributed by atoms with E-state index < -0.39 is 0 Å². The summed E-state index contributed by atoms with van der Waals surface area (Å²) in [5, 5.41) is 6.20. The molecule has 0 bridgehead atoms. The molecule has 1 aromatic rings. The number of amides is 2. The summed E-state index contributed by atoms with van der Waals surface area (Å²) >= 11 is 1.85. The summed E-state index contributed by atoms with van der Waals surface area (Å²) in [7, 11) is 0. The predicted molar refractivity (Wildman–Crippen MR) is 95.2 cm³/mol. The van der Waals surface area contributed by atoms with Crippen LogP contribution in [0.25, 0.3) is 0 Å². The fraction of sp³-hybridized carbons (Fsp3) is 0.611. The van der Waals surface area contributed by atoms with E-state index >= 15 is 0 Å². The molecule has 1 saturated carbocycles. The van der Waals surface area contributed by atoms with Gasteiger partial charge in [0.1, 0.15) is 0 Å². The molecule has 2 amide bonds. The number of carbonyl (C=O) groups excluding carboxylic acids is 1. The van der Waals surface area contributed by atoms with Gasteiger partial charge in [0.25, 0.3) is 0 Å². The van der Waals surface area contributed by atoms with E-state index in [0.29, 0.717) is 12.5 Å². The van der Waals surface area contributed by atoms with Gasteiger partial charge in [0.05, 0.1) is 0 Å². The van der Waals surface area contributed by atoms with E-state index in [-0.39, 0.29) is 16.8 Å². The number of urea groups is 1. The van der Waals surface area contributed by atoms with Gasteiger partial charge < -0.3 is 15.4 Å². The van der Waals surface area contributed by atoms with Gasteiger partial charge in [0.15, 0.2) is 0 Å². The second-order valence-corrected chi connectivity index (χ2v) is 7.91. The molecule has 5 heteroatoms. The zero-order valence-corrected chi connectivity index (χ0v) is 14.7. The molecule has 2 unspecified atom stereocenters. The Labute approximate surface area is 142 Å². The number of nitrogens with one attached hydrogen (secondary N) is 2. The average molecular weight is 334 g/mol. The van der Waals surface area contributed by atoms with Crippen molar-refractivity contribution in [2.75, 3.05) is 26.0 Å². The van der Waals surface area contributed by atoms with Crippen molar-refractivity contribution in [2.45, 2.75) is 42.9 Å². The molecule has 2 fully saturated rings. The van der Waals surface area contributed by atoms with Crippen LogP contribution >= 0.6 is 11.8 Å². The minimum atomic E-state index is -0.0361. The summed E-state index contributed by atoms with van der Waals surface area (Å²) in [4.78, 5) is 12.2. The van der Waals surface area contributed by atoms with Gasteiger partial charge in [-0.25, -0.2) is 4.79 Å². The standard InChI is InChI=1S/C18H26N2O2S/c1-13-5-3-4-6-14(13)15-11-16(15)20-17(21)19-12-18(23-2)7-9-22-10-8-18/h3-6,15-16H,7-12H2,1-2H3,(H2,19,20,21). The van der Waals surface area contributed by atoms with Gasteiger partial charge in [0.2, 0.25) is 0 Å². The van der Waals surface area contributed by atoms with E-state index in [1.54, 1.807) is 0 Å². The first-order chi connectivity index (χ1) is 11.1. The monoisotopic (exact) mass is 334 g/mol. The number of hydrogen-bond acceptors (Lipinski definition) is 3. The van der Waals surface area contributed by atoms with Gasteiger partial charge >= 0.3 is 6.03 Å². The second-order valence-electron chi connectivity index (χ2n) is 6.63. The van der Waals surface area contributed by atoms with Crippen molar-refractivity contribution < 1.29 is 9.53 Å². The quantitative estimate of drug-likeness (QED) is 0.870. The van der Waals surface area contributed by atoms with Crippen LogP contribution in [-0.4, -0.2) is 42.8 Å². The summed E-state index contributed by atoms with van der Waals surface area (Å²) in [6, 6.07) is 8.68. The van der Waals surface area contributed by atoms with E-state index in [9.17, 15) is 4.79 Å². The molecule has 3 rings (SSSR count). The van der Waals surface area contributed by atoms with E-state index in [4.69, 9.17) is 4.74 Å². The van der Waals surface area contributed by atoms with Gasteiger partial charge in [-0.1, -0.05) is 24.3 Å². The molecule has 4 nitrogen and oxygen atoms in total. The molecule has 0 spiro atoms. The first kappa shape index (κ1) is 16.7. The Bertz CT molecular complexity index is 558. The fourth-order valence-corrected chi connectivity index (χ4v) is 4.15. The lowest BCUT2D eigenvalue weighted by Crippen LogP contribution is -2.47. The Hall–Kier alpha value is -1.20. The highest BCUT2D eigenvalue weighted by Gasteiger charge is 2.40. The maximum atomic E-state index is 12.2. The third-order valence-electron chi connectivity index (χ3n) is 5.10. The lowest BCUT2D eigenvalue weighted by atomic mass is 9.99. The summed E-state index contributed by atoms with van der Waals surface area (Å²) in [6.45, 7) is 4.44. The van der Waals surface area contributed by atoms with Crippen molar-refractivity contribution in [3.8, 4) is 0 Å². The van der Waals surface area contributed by atoms with Gasteiger partial charge in [-0.3, -0.25) is 0 Å². The highest BCUT2D eigenvalue weighted by Crippen LogP contribution is 2.42. The van der Waals surface area contributed by atoms with Crippen molar-refractivity contribution in [2.24, 2.45) is 0 Å². The Balaban J connectivity index is 1.46. The number of ether oxygens (including phenoxy) is 1. The highest BCUT2D eigenvalue weighted by atomic mass is 32.2. The first-order valence-electron chi connectivity index (χ1n) is 8.36. The maximum absolute atomic E-state index is 12.2. The molecule has 0 aromatic heterocycles. The van der Waals surface area contributed by atoms with Gasteiger partial charge in [-0.05, 0) is 43.6 Å². The van der Waals surface area contributed by atoms with Gasteiger partial charge in [-0.15, -0.1) is 0 Å². The minimum absolute atomic E-state index is 0.0361. The van der Waals surface area contributed by atoms with Crippen molar-refractivity contribution in [1.29, 1.82) is 0 Å². The number of aryl methyl sites for hydroxylation is 1. The summed E-state index contributed by atoms with van der Waals surface area (Å²) in [6.07, 6.45) is 5.17. The Morgan fingerprint density at radius 1 is 1.35 bits per heavy atom. The van der Waals surface area contributed by atoms with Crippen LogP contribution in [0.15, 0.2) is 24.3 Å². The second kappa shape index (κ2) is 7.14. The molecule has 2 aliphatic rings. The fourth-order valence-electron chi connectivity index (χ4n) is 3.36. The van der Waals surface area contributed by atoms with Crippen LogP contribution in [0.1, 0.15) is 36.3 Å². The van der Waals surface area contributed by atoms with Crippen molar-refractivity contribution in [3.63, 3.8) is 0 Å². The SMILES string of the molecule is CSC1(CNC(=O)NC2CC2c2ccccc2C)CCOCC1. The number of carbonyl (C=O) groups is 1. The Morgan fingerprint density at radius 3 is 2.78 bits per heavy atom. The summed E-state index contributed by atoms with van der Waals surface area (Å²) < 4.78 is 5.57. The lowest BCUT2D eigenvalue weighted by molar-refractivity contribution is 0.0777. The van der Waals surface area contributed by atoms with Crippen LogP contribution in [0, 0.1) is 6.92 Å². The molecule has 1 heterocycles. The van der Waals surface area contributed by atoms with Gasteiger partial charge in [0, 0.05) is 36.5 Å². The minimum Gasteiger partial charge on any atom is -0.381 e. The molecular formula is C18H26N2O2S. The number of hydrogen-bond donors (Lipinski definition) is 2. The molecule has 1 saturated heterocycles. The summed E-state index contributed by atoms with van der Waals surface area (Å²) in [5.41, 5.74) is 2.67. The third-order valence-corrected chi connectivity index (χ3v) is 6.52. The van der Waals surface area contributed by atoms with Crippen LogP contribution in [0.5, 0.6) is 0 Å². The van der Waals surface area contributed by atoms with Crippen molar-refractivity contribution in [3.05, 3.63) is 35.4 Å². The number of thioether (sulfide) groups is 1. The lowest BCUT2D eigenvalue weighted by Gasteiger charge is -2.35. The Morgan fingerprint density at radius 2 is 2.09 bits per heavy atom. The third kappa shape index (κ3) is 4.01. The van der Waals surface area contributed by atoms with Crippen molar-refractivity contribution >= 4 is 17.8 Å².